The topological polar surface area (TPSA) is 69.6 Å². The Morgan fingerprint density at radius 2 is 2.17 bits per heavy atom. The first kappa shape index (κ1) is 15.3. The zero-order valence-corrected chi connectivity index (χ0v) is 12.3. The Morgan fingerprint density at radius 3 is 2.78 bits per heavy atom. The summed E-state index contributed by atoms with van der Waals surface area (Å²) in [5.41, 5.74) is 1.16. The molecule has 0 aliphatic heterocycles. The number of aliphatic hydroxyl groups excluding tert-OH is 1. The molecule has 0 unspecified atom stereocenters. The summed E-state index contributed by atoms with van der Waals surface area (Å²) < 4.78 is 0.753. The molecular formula is C12H16BrNO3S. The van der Waals surface area contributed by atoms with Gasteiger partial charge in [-0.25, -0.2) is 4.79 Å². The number of thioether (sulfide) groups is 1. The molecule has 0 saturated carbocycles. The number of carboxylic acid groups (broad SMARTS) is 1. The predicted molar refractivity (Wildman–Crippen MR) is 78.6 cm³/mol. The molecule has 3 N–H and O–H groups in total. The molecule has 0 aromatic heterocycles. The zero-order chi connectivity index (χ0) is 13.4. The second-order valence-corrected chi connectivity index (χ2v) is 5.70. The average molecular weight is 334 g/mol. The smallest absolute Gasteiger partial charge is 0.335 e. The number of benzene rings is 1. The van der Waals surface area contributed by atoms with Crippen LogP contribution in [-0.4, -0.2) is 40.8 Å². The Balaban J connectivity index is 2.36. The van der Waals surface area contributed by atoms with Crippen molar-refractivity contribution in [3.05, 3.63) is 28.2 Å². The number of nitrogens with one attached hydrogen (secondary N) is 1. The summed E-state index contributed by atoms with van der Waals surface area (Å²) in [6, 6.07) is 4.92. The lowest BCUT2D eigenvalue weighted by atomic mass is 10.2. The van der Waals surface area contributed by atoms with Gasteiger partial charge in [0.2, 0.25) is 0 Å². The van der Waals surface area contributed by atoms with E-state index in [1.54, 1.807) is 30.0 Å². The van der Waals surface area contributed by atoms with Crippen molar-refractivity contribution >= 4 is 39.3 Å². The molecule has 0 saturated heterocycles. The minimum absolute atomic E-state index is 0.239. The Bertz CT molecular complexity index is 401. The maximum absolute atomic E-state index is 10.8. The summed E-state index contributed by atoms with van der Waals surface area (Å²) in [6.45, 7) is 1.05. The summed E-state index contributed by atoms with van der Waals surface area (Å²) in [4.78, 5) is 10.8. The molecule has 1 aromatic carbocycles. The van der Waals surface area contributed by atoms with E-state index in [0.717, 1.165) is 34.6 Å². The fraction of sp³-hybridized carbons (Fsp3) is 0.417. The van der Waals surface area contributed by atoms with E-state index < -0.39 is 5.97 Å². The van der Waals surface area contributed by atoms with Crippen LogP contribution >= 0.6 is 27.7 Å². The molecule has 4 nitrogen and oxygen atoms in total. The lowest BCUT2D eigenvalue weighted by molar-refractivity contribution is 0.0697. The highest BCUT2D eigenvalue weighted by atomic mass is 79.9. The van der Waals surface area contributed by atoms with Crippen LogP contribution in [-0.2, 0) is 0 Å². The van der Waals surface area contributed by atoms with Crippen molar-refractivity contribution in [3.8, 4) is 0 Å². The highest BCUT2D eigenvalue weighted by Crippen LogP contribution is 2.23. The van der Waals surface area contributed by atoms with Gasteiger partial charge in [0.1, 0.15) is 0 Å². The number of aromatic carboxylic acids is 1. The van der Waals surface area contributed by atoms with Gasteiger partial charge in [-0.3, -0.25) is 0 Å². The second kappa shape index (κ2) is 8.39. The first-order chi connectivity index (χ1) is 8.65. The monoisotopic (exact) mass is 333 g/mol. The summed E-state index contributed by atoms with van der Waals surface area (Å²) in [5.74, 6) is 0.978. The number of hydrogen-bond acceptors (Lipinski definition) is 4. The van der Waals surface area contributed by atoms with Gasteiger partial charge < -0.3 is 15.5 Å². The summed E-state index contributed by atoms with van der Waals surface area (Å²) in [7, 11) is 0. The molecule has 0 fully saturated rings. The summed E-state index contributed by atoms with van der Waals surface area (Å²) >= 11 is 5.12. The van der Waals surface area contributed by atoms with Crippen LogP contribution < -0.4 is 5.32 Å². The van der Waals surface area contributed by atoms with E-state index >= 15 is 0 Å². The maximum atomic E-state index is 10.8. The molecular weight excluding hydrogens is 318 g/mol. The van der Waals surface area contributed by atoms with Crippen LogP contribution in [0.1, 0.15) is 16.8 Å². The number of carboxylic acids is 1. The summed E-state index contributed by atoms with van der Waals surface area (Å²) in [5, 5.41) is 20.7. The van der Waals surface area contributed by atoms with Gasteiger partial charge in [-0.15, -0.1) is 0 Å². The van der Waals surface area contributed by atoms with Crippen molar-refractivity contribution in [2.75, 3.05) is 30.0 Å². The van der Waals surface area contributed by atoms with Gasteiger partial charge in [-0.1, -0.05) is 0 Å². The first-order valence-corrected chi connectivity index (χ1v) is 7.55. The minimum atomic E-state index is -0.929. The fourth-order valence-electron chi connectivity index (χ4n) is 1.32. The van der Waals surface area contributed by atoms with E-state index in [4.69, 9.17) is 10.2 Å². The average Bonchev–Trinajstić information content (AvgIpc) is 2.35. The van der Waals surface area contributed by atoms with Crippen molar-refractivity contribution in [2.24, 2.45) is 0 Å². The third kappa shape index (κ3) is 5.29. The molecule has 0 aliphatic rings. The van der Waals surface area contributed by atoms with Crippen LogP contribution in [0.3, 0.4) is 0 Å². The molecule has 1 rings (SSSR count). The lowest BCUT2D eigenvalue weighted by Gasteiger charge is -2.09. The SMILES string of the molecule is O=C(O)c1ccc(NCCSCCCO)c(Br)c1. The van der Waals surface area contributed by atoms with Crippen LogP contribution in [0, 0.1) is 0 Å². The van der Waals surface area contributed by atoms with Crippen molar-refractivity contribution in [3.63, 3.8) is 0 Å². The molecule has 100 valence electrons. The van der Waals surface area contributed by atoms with Gasteiger partial charge in [-0.2, -0.15) is 11.8 Å². The van der Waals surface area contributed by atoms with Gasteiger partial charge in [0.25, 0.3) is 0 Å². The molecule has 0 aliphatic carbocycles. The van der Waals surface area contributed by atoms with Crippen LogP contribution in [0.25, 0.3) is 0 Å². The molecule has 0 atom stereocenters. The van der Waals surface area contributed by atoms with Gasteiger partial charge >= 0.3 is 5.97 Å². The van der Waals surface area contributed by atoms with E-state index in [9.17, 15) is 4.79 Å². The number of carbonyl (C=O) groups is 1. The number of hydrogen-bond donors (Lipinski definition) is 3. The normalized spacial score (nSPS) is 10.3. The van der Waals surface area contributed by atoms with E-state index in [2.05, 4.69) is 21.2 Å². The molecule has 6 heteroatoms. The highest BCUT2D eigenvalue weighted by molar-refractivity contribution is 9.10. The van der Waals surface area contributed by atoms with Gasteiger partial charge in [0.15, 0.2) is 0 Å². The van der Waals surface area contributed by atoms with Crippen LogP contribution in [0.4, 0.5) is 5.69 Å². The van der Waals surface area contributed by atoms with E-state index in [1.165, 1.54) is 0 Å². The van der Waals surface area contributed by atoms with Crippen LogP contribution in [0.15, 0.2) is 22.7 Å². The number of aliphatic hydroxyl groups is 1. The number of rotatable bonds is 8. The molecule has 0 spiro atoms. The van der Waals surface area contributed by atoms with Gasteiger partial charge in [0.05, 0.1) is 5.56 Å². The molecule has 0 amide bonds. The first-order valence-electron chi connectivity index (χ1n) is 5.60. The minimum Gasteiger partial charge on any atom is -0.478 e. The molecule has 0 bridgehead atoms. The van der Waals surface area contributed by atoms with Crippen LogP contribution in [0.2, 0.25) is 0 Å². The van der Waals surface area contributed by atoms with Gasteiger partial charge in [0, 0.05) is 29.1 Å². The van der Waals surface area contributed by atoms with Crippen molar-refractivity contribution in [1.29, 1.82) is 0 Å². The molecule has 0 radical (unpaired) electrons. The second-order valence-electron chi connectivity index (χ2n) is 3.62. The van der Waals surface area contributed by atoms with E-state index in [1.807, 2.05) is 0 Å². The molecule has 0 heterocycles. The maximum Gasteiger partial charge on any atom is 0.335 e. The van der Waals surface area contributed by atoms with E-state index in [0.29, 0.717) is 0 Å². The van der Waals surface area contributed by atoms with Gasteiger partial charge in [-0.05, 0) is 46.3 Å². The summed E-state index contributed by atoms with van der Waals surface area (Å²) in [6.07, 6.45) is 0.821. The van der Waals surface area contributed by atoms with Crippen LogP contribution in [0.5, 0.6) is 0 Å². The third-order valence-corrected chi connectivity index (χ3v) is 3.95. The van der Waals surface area contributed by atoms with Crippen molar-refractivity contribution < 1.29 is 15.0 Å². The fourth-order valence-corrected chi connectivity index (χ4v) is 2.62. The Labute approximate surface area is 119 Å². The van der Waals surface area contributed by atoms with Crippen molar-refractivity contribution in [1.82, 2.24) is 0 Å². The standard InChI is InChI=1S/C12H16BrNO3S/c13-10-8-9(12(16)17)2-3-11(10)14-4-7-18-6-1-5-15/h2-3,8,14-15H,1,4-7H2,(H,16,17). The van der Waals surface area contributed by atoms with Crippen molar-refractivity contribution in [2.45, 2.75) is 6.42 Å². The largest absolute Gasteiger partial charge is 0.478 e. The third-order valence-electron chi connectivity index (χ3n) is 2.22. The predicted octanol–water partition coefficient (Wildman–Crippen LogP) is 2.67. The quantitative estimate of drug-likeness (QED) is 0.638. The molecule has 18 heavy (non-hydrogen) atoms. The Hall–Kier alpha value is -0.720. The Morgan fingerprint density at radius 1 is 1.39 bits per heavy atom. The highest BCUT2D eigenvalue weighted by Gasteiger charge is 2.06. The number of halogens is 1. The molecule has 1 aromatic rings. The van der Waals surface area contributed by atoms with E-state index in [-0.39, 0.29) is 12.2 Å². The number of anilines is 1. The lowest BCUT2D eigenvalue weighted by Crippen LogP contribution is -2.06. The zero-order valence-electron chi connectivity index (χ0n) is 9.86. The Kier molecular flexibility index (Phi) is 7.15.